The van der Waals surface area contributed by atoms with Crippen molar-refractivity contribution in [2.75, 3.05) is 13.1 Å². The summed E-state index contributed by atoms with van der Waals surface area (Å²) in [4.78, 5) is 2.47. The fraction of sp³-hybridized carbons (Fsp3) is 0.562. The van der Waals surface area contributed by atoms with Gasteiger partial charge >= 0.3 is 0 Å². The average Bonchev–Trinajstić information content (AvgIpc) is 2.93. The highest BCUT2D eigenvalue weighted by Gasteiger charge is 2.18. The predicted octanol–water partition coefficient (Wildman–Crippen LogP) is 2.15. The Kier molecular flexibility index (Phi) is 4.60. The summed E-state index contributed by atoms with van der Waals surface area (Å²) in [5, 5.41) is 12.2. The monoisotopic (exact) mass is 285 g/mol. The molecular formula is C16H23N5. The molecule has 21 heavy (non-hydrogen) atoms. The Morgan fingerprint density at radius 1 is 1.24 bits per heavy atom. The van der Waals surface area contributed by atoms with Crippen LogP contribution in [0.3, 0.4) is 0 Å². The first kappa shape index (κ1) is 14.2. The highest BCUT2D eigenvalue weighted by atomic mass is 15.5. The van der Waals surface area contributed by atoms with E-state index < -0.39 is 0 Å². The molecule has 1 fully saturated rings. The molecule has 0 aliphatic carbocycles. The molecule has 1 aliphatic rings. The summed E-state index contributed by atoms with van der Waals surface area (Å²) in [6.07, 6.45) is 3.59. The molecule has 0 radical (unpaired) electrons. The zero-order chi connectivity index (χ0) is 14.5. The molecule has 0 unspecified atom stereocenters. The van der Waals surface area contributed by atoms with Crippen LogP contribution >= 0.6 is 0 Å². The number of aryl methyl sites for hydroxylation is 2. The summed E-state index contributed by atoms with van der Waals surface area (Å²) < 4.78 is 1.95. The van der Waals surface area contributed by atoms with Crippen LogP contribution in [-0.4, -0.2) is 38.2 Å². The summed E-state index contributed by atoms with van der Waals surface area (Å²) in [7, 11) is 0. The largest absolute Gasteiger partial charge is 0.296 e. The second-order valence-corrected chi connectivity index (χ2v) is 6.04. The molecule has 1 saturated heterocycles. The molecule has 2 heterocycles. The van der Waals surface area contributed by atoms with E-state index >= 15 is 0 Å². The van der Waals surface area contributed by atoms with E-state index in [1.165, 1.54) is 18.4 Å². The average molecular weight is 285 g/mol. The van der Waals surface area contributed by atoms with Gasteiger partial charge in [0.25, 0.3) is 0 Å². The summed E-state index contributed by atoms with van der Waals surface area (Å²) in [6.45, 7) is 6.35. The highest BCUT2D eigenvalue weighted by molar-refractivity contribution is 5.14. The number of benzene rings is 1. The Hall–Kier alpha value is -1.75. The van der Waals surface area contributed by atoms with Gasteiger partial charge in [-0.05, 0) is 47.7 Å². The Bertz CT molecular complexity index is 551. The molecule has 0 saturated carbocycles. The predicted molar refractivity (Wildman–Crippen MR) is 81.6 cm³/mol. The van der Waals surface area contributed by atoms with Crippen LogP contribution in [0.1, 0.15) is 31.2 Å². The van der Waals surface area contributed by atoms with Crippen LogP contribution in [0.5, 0.6) is 0 Å². The van der Waals surface area contributed by atoms with Crippen molar-refractivity contribution < 1.29 is 0 Å². The molecule has 0 spiro atoms. The maximum absolute atomic E-state index is 4.21. The van der Waals surface area contributed by atoms with Crippen LogP contribution in [0.15, 0.2) is 30.3 Å². The molecule has 1 aliphatic heterocycles. The third-order valence-electron chi connectivity index (χ3n) is 4.17. The van der Waals surface area contributed by atoms with E-state index in [2.05, 4.69) is 51.6 Å². The number of piperidine rings is 1. The van der Waals surface area contributed by atoms with Gasteiger partial charge in [0.15, 0.2) is 5.82 Å². The van der Waals surface area contributed by atoms with E-state index in [1.54, 1.807) is 0 Å². The lowest BCUT2D eigenvalue weighted by Crippen LogP contribution is -2.34. The first-order chi connectivity index (χ1) is 10.3. The van der Waals surface area contributed by atoms with Gasteiger partial charge in [-0.2, -0.15) is 0 Å². The molecule has 3 rings (SSSR count). The first-order valence-electron chi connectivity index (χ1n) is 7.82. The lowest BCUT2D eigenvalue weighted by atomic mass is 10.0. The van der Waals surface area contributed by atoms with Gasteiger partial charge in [-0.25, -0.2) is 4.68 Å². The van der Waals surface area contributed by atoms with Crippen LogP contribution in [0.4, 0.5) is 0 Å². The van der Waals surface area contributed by atoms with Crippen molar-refractivity contribution in [1.82, 2.24) is 25.1 Å². The van der Waals surface area contributed by atoms with Gasteiger partial charge < -0.3 is 0 Å². The minimum Gasteiger partial charge on any atom is -0.296 e. The minimum atomic E-state index is 0.785. The summed E-state index contributed by atoms with van der Waals surface area (Å²) in [5.41, 5.74) is 1.32. The summed E-state index contributed by atoms with van der Waals surface area (Å²) in [5.74, 6) is 1.77. The molecule has 5 heteroatoms. The zero-order valence-corrected chi connectivity index (χ0v) is 12.6. The topological polar surface area (TPSA) is 46.8 Å². The van der Waals surface area contributed by atoms with Crippen LogP contribution < -0.4 is 0 Å². The third kappa shape index (κ3) is 3.88. The van der Waals surface area contributed by atoms with Crippen LogP contribution in [0, 0.1) is 5.92 Å². The SMILES string of the molecule is C[C@@H]1CCCN(Cc2nnnn2CCc2ccccc2)C1. The summed E-state index contributed by atoms with van der Waals surface area (Å²) in [6, 6.07) is 10.5. The van der Waals surface area contributed by atoms with Crippen molar-refractivity contribution in [2.24, 2.45) is 5.92 Å². The molecule has 2 aromatic rings. The summed E-state index contributed by atoms with van der Waals surface area (Å²) >= 11 is 0. The fourth-order valence-electron chi connectivity index (χ4n) is 3.02. The van der Waals surface area contributed by atoms with Crippen molar-refractivity contribution in [3.63, 3.8) is 0 Å². The number of likely N-dealkylation sites (tertiary alicyclic amines) is 1. The third-order valence-corrected chi connectivity index (χ3v) is 4.17. The van der Waals surface area contributed by atoms with E-state index in [0.29, 0.717) is 0 Å². The van der Waals surface area contributed by atoms with Gasteiger partial charge in [0, 0.05) is 13.1 Å². The number of tetrazole rings is 1. The maximum Gasteiger partial charge on any atom is 0.165 e. The molecule has 112 valence electrons. The fourth-order valence-corrected chi connectivity index (χ4v) is 3.02. The van der Waals surface area contributed by atoms with E-state index in [-0.39, 0.29) is 0 Å². The van der Waals surface area contributed by atoms with Crippen molar-refractivity contribution in [2.45, 2.75) is 39.3 Å². The molecule has 5 nitrogen and oxygen atoms in total. The smallest absolute Gasteiger partial charge is 0.165 e. The van der Waals surface area contributed by atoms with Gasteiger partial charge in [0.1, 0.15) is 0 Å². The van der Waals surface area contributed by atoms with Gasteiger partial charge in [0.2, 0.25) is 0 Å². The zero-order valence-electron chi connectivity index (χ0n) is 12.6. The van der Waals surface area contributed by atoms with E-state index in [9.17, 15) is 0 Å². The Morgan fingerprint density at radius 3 is 2.90 bits per heavy atom. The molecule has 0 N–H and O–H groups in total. The van der Waals surface area contributed by atoms with Gasteiger partial charge in [-0.3, -0.25) is 4.90 Å². The Balaban J connectivity index is 1.58. The van der Waals surface area contributed by atoms with Crippen molar-refractivity contribution in [3.05, 3.63) is 41.7 Å². The first-order valence-corrected chi connectivity index (χ1v) is 7.82. The van der Waals surface area contributed by atoms with Crippen molar-refractivity contribution in [1.29, 1.82) is 0 Å². The minimum absolute atomic E-state index is 0.785. The molecule has 0 amide bonds. The number of hydrogen-bond acceptors (Lipinski definition) is 4. The lowest BCUT2D eigenvalue weighted by molar-refractivity contribution is 0.170. The lowest BCUT2D eigenvalue weighted by Gasteiger charge is -2.30. The Morgan fingerprint density at radius 2 is 2.10 bits per heavy atom. The van der Waals surface area contributed by atoms with E-state index in [1.807, 2.05) is 10.7 Å². The highest BCUT2D eigenvalue weighted by Crippen LogP contribution is 2.17. The molecule has 1 atom stereocenters. The quantitative estimate of drug-likeness (QED) is 0.844. The molecule has 1 aromatic heterocycles. The second-order valence-electron chi connectivity index (χ2n) is 6.04. The van der Waals surface area contributed by atoms with Crippen LogP contribution in [-0.2, 0) is 19.5 Å². The van der Waals surface area contributed by atoms with E-state index in [0.717, 1.165) is 44.3 Å². The van der Waals surface area contributed by atoms with Gasteiger partial charge in [-0.1, -0.05) is 37.3 Å². The van der Waals surface area contributed by atoms with Crippen molar-refractivity contribution in [3.8, 4) is 0 Å². The normalized spacial score (nSPS) is 19.8. The van der Waals surface area contributed by atoms with Crippen LogP contribution in [0.25, 0.3) is 0 Å². The van der Waals surface area contributed by atoms with Gasteiger partial charge in [0.05, 0.1) is 6.54 Å². The number of hydrogen-bond donors (Lipinski definition) is 0. The molecular weight excluding hydrogens is 262 g/mol. The number of rotatable bonds is 5. The number of aromatic nitrogens is 4. The Labute approximate surface area is 126 Å². The van der Waals surface area contributed by atoms with Gasteiger partial charge in [-0.15, -0.1) is 5.10 Å². The molecule has 1 aromatic carbocycles. The van der Waals surface area contributed by atoms with E-state index in [4.69, 9.17) is 0 Å². The number of nitrogens with zero attached hydrogens (tertiary/aromatic N) is 5. The maximum atomic E-state index is 4.21. The second kappa shape index (κ2) is 6.80. The molecule has 0 bridgehead atoms. The van der Waals surface area contributed by atoms with Crippen LogP contribution in [0.2, 0.25) is 0 Å². The standard InChI is InChI=1S/C16H23N5/c1-14-6-5-10-20(12-14)13-16-17-18-19-21(16)11-9-15-7-3-2-4-8-15/h2-4,7-8,14H,5-6,9-13H2,1H3/t14-/m1/s1. The van der Waals surface area contributed by atoms with Crippen molar-refractivity contribution >= 4 is 0 Å².